The lowest BCUT2D eigenvalue weighted by molar-refractivity contribution is 0.281. The molecule has 0 saturated carbocycles. The molecular formula is C13H17NO3S. The monoisotopic (exact) mass is 267 g/mol. The average molecular weight is 267 g/mol. The molecule has 0 fully saturated rings. The Kier molecular flexibility index (Phi) is 3.85. The first-order chi connectivity index (χ1) is 8.54. The van der Waals surface area contributed by atoms with Crippen LogP contribution in [0.5, 0.6) is 0 Å². The van der Waals surface area contributed by atoms with Gasteiger partial charge in [-0.15, -0.1) is 0 Å². The zero-order valence-electron chi connectivity index (χ0n) is 10.3. The van der Waals surface area contributed by atoms with Gasteiger partial charge >= 0.3 is 0 Å². The van der Waals surface area contributed by atoms with Crippen LogP contribution in [0.1, 0.15) is 18.9 Å². The van der Waals surface area contributed by atoms with E-state index < -0.39 is 10.0 Å². The fraction of sp³-hybridized carbons (Fsp3) is 0.385. The van der Waals surface area contributed by atoms with E-state index in [1.54, 1.807) is 24.3 Å². The standard InChI is InChI=1S/C13H17NO3S/c1-11-3-2-8-14(9-11)18(16,17)13-6-4-12(10-15)5-7-13/h3-7,15H,2,8-10H2,1H3. The lowest BCUT2D eigenvalue weighted by Crippen LogP contribution is -2.35. The zero-order valence-corrected chi connectivity index (χ0v) is 11.2. The first kappa shape index (κ1) is 13.3. The van der Waals surface area contributed by atoms with Gasteiger partial charge in [0.25, 0.3) is 0 Å². The van der Waals surface area contributed by atoms with Gasteiger partial charge in [0.15, 0.2) is 0 Å². The molecule has 0 unspecified atom stereocenters. The summed E-state index contributed by atoms with van der Waals surface area (Å²) in [4.78, 5) is 0.286. The number of hydrogen-bond acceptors (Lipinski definition) is 3. The van der Waals surface area contributed by atoms with E-state index >= 15 is 0 Å². The fourth-order valence-electron chi connectivity index (χ4n) is 2.00. The fourth-order valence-corrected chi connectivity index (χ4v) is 3.50. The van der Waals surface area contributed by atoms with E-state index in [2.05, 4.69) is 6.08 Å². The highest BCUT2D eigenvalue weighted by molar-refractivity contribution is 7.89. The number of hydrogen-bond donors (Lipinski definition) is 1. The molecule has 0 radical (unpaired) electrons. The van der Waals surface area contributed by atoms with E-state index in [1.807, 2.05) is 6.92 Å². The lowest BCUT2D eigenvalue weighted by atomic mass is 10.2. The van der Waals surface area contributed by atoms with Gasteiger partial charge in [-0.3, -0.25) is 0 Å². The molecule has 5 heteroatoms. The third-order valence-electron chi connectivity index (χ3n) is 3.04. The van der Waals surface area contributed by atoms with Gasteiger partial charge in [0.1, 0.15) is 0 Å². The molecule has 0 saturated heterocycles. The molecule has 4 nitrogen and oxygen atoms in total. The number of aliphatic hydroxyl groups is 1. The van der Waals surface area contributed by atoms with Crippen LogP contribution in [-0.4, -0.2) is 30.9 Å². The van der Waals surface area contributed by atoms with Gasteiger partial charge in [-0.2, -0.15) is 4.31 Å². The molecule has 0 atom stereocenters. The highest BCUT2D eigenvalue weighted by atomic mass is 32.2. The second kappa shape index (κ2) is 5.22. The van der Waals surface area contributed by atoms with Crippen LogP contribution >= 0.6 is 0 Å². The Morgan fingerprint density at radius 2 is 1.94 bits per heavy atom. The van der Waals surface area contributed by atoms with E-state index in [1.165, 1.54) is 4.31 Å². The summed E-state index contributed by atoms with van der Waals surface area (Å²) in [6.07, 6.45) is 2.83. The molecule has 0 aromatic heterocycles. The topological polar surface area (TPSA) is 57.6 Å². The van der Waals surface area contributed by atoms with Gasteiger partial charge in [0, 0.05) is 13.1 Å². The van der Waals surface area contributed by atoms with Crippen LogP contribution in [0, 0.1) is 0 Å². The number of benzene rings is 1. The van der Waals surface area contributed by atoms with Crippen LogP contribution in [0.25, 0.3) is 0 Å². The minimum absolute atomic E-state index is 0.0775. The molecule has 0 amide bonds. The second-order valence-electron chi connectivity index (χ2n) is 4.48. The molecule has 2 rings (SSSR count). The summed E-state index contributed by atoms with van der Waals surface area (Å²) in [5.74, 6) is 0. The molecule has 1 N–H and O–H groups in total. The summed E-state index contributed by atoms with van der Waals surface area (Å²) in [5.41, 5.74) is 1.79. The van der Waals surface area contributed by atoms with Crippen molar-refractivity contribution in [2.75, 3.05) is 13.1 Å². The zero-order chi connectivity index (χ0) is 13.2. The number of rotatable bonds is 3. The SMILES string of the molecule is CC1=CCCN(S(=O)(=O)c2ccc(CO)cc2)C1. The predicted octanol–water partition coefficient (Wildman–Crippen LogP) is 1.52. The van der Waals surface area contributed by atoms with Crippen LogP contribution in [0.15, 0.2) is 40.8 Å². The molecule has 0 spiro atoms. The molecule has 1 aromatic carbocycles. The maximum Gasteiger partial charge on any atom is 0.243 e. The maximum absolute atomic E-state index is 12.4. The molecule has 0 bridgehead atoms. The van der Waals surface area contributed by atoms with E-state index in [-0.39, 0.29) is 11.5 Å². The van der Waals surface area contributed by atoms with Gasteiger partial charge in [0.05, 0.1) is 11.5 Å². The largest absolute Gasteiger partial charge is 0.392 e. The highest BCUT2D eigenvalue weighted by Crippen LogP contribution is 2.20. The third kappa shape index (κ3) is 2.63. The average Bonchev–Trinajstić information content (AvgIpc) is 2.39. The Balaban J connectivity index is 2.27. The molecule has 1 heterocycles. The van der Waals surface area contributed by atoms with Crippen molar-refractivity contribution in [3.8, 4) is 0 Å². The van der Waals surface area contributed by atoms with Crippen molar-refractivity contribution in [1.29, 1.82) is 0 Å². The van der Waals surface area contributed by atoms with Gasteiger partial charge in [-0.05, 0) is 31.0 Å². The van der Waals surface area contributed by atoms with Gasteiger partial charge in [-0.1, -0.05) is 23.8 Å². The normalized spacial score (nSPS) is 17.6. The van der Waals surface area contributed by atoms with Crippen LogP contribution in [0.4, 0.5) is 0 Å². The van der Waals surface area contributed by atoms with Crippen LogP contribution in [-0.2, 0) is 16.6 Å². The van der Waals surface area contributed by atoms with E-state index in [9.17, 15) is 8.42 Å². The van der Waals surface area contributed by atoms with E-state index in [4.69, 9.17) is 5.11 Å². The molecule has 1 aliphatic rings. The molecule has 18 heavy (non-hydrogen) atoms. The smallest absolute Gasteiger partial charge is 0.243 e. The molecule has 1 aromatic rings. The predicted molar refractivity (Wildman–Crippen MR) is 69.5 cm³/mol. The lowest BCUT2D eigenvalue weighted by Gasteiger charge is -2.25. The number of sulfonamides is 1. The minimum Gasteiger partial charge on any atom is -0.392 e. The van der Waals surface area contributed by atoms with E-state index in [0.717, 1.165) is 12.0 Å². The summed E-state index contributed by atoms with van der Waals surface area (Å²) in [6, 6.07) is 6.38. The van der Waals surface area contributed by atoms with Crippen molar-refractivity contribution >= 4 is 10.0 Å². The third-order valence-corrected chi connectivity index (χ3v) is 4.90. The Morgan fingerprint density at radius 1 is 1.28 bits per heavy atom. The Morgan fingerprint density at radius 3 is 2.50 bits per heavy atom. The highest BCUT2D eigenvalue weighted by Gasteiger charge is 2.25. The Labute approximate surface area is 108 Å². The van der Waals surface area contributed by atoms with Crippen molar-refractivity contribution in [2.45, 2.75) is 24.8 Å². The number of nitrogens with zero attached hydrogens (tertiary/aromatic N) is 1. The van der Waals surface area contributed by atoms with Crippen molar-refractivity contribution < 1.29 is 13.5 Å². The summed E-state index contributed by atoms with van der Waals surface area (Å²) in [5, 5.41) is 8.95. The second-order valence-corrected chi connectivity index (χ2v) is 6.42. The van der Waals surface area contributed by atoms with Crippen molar-refractivity contribution in [3.63, 3.8) is 0 Å². The van der Waals surface area contributed by atoms with Crippen molar-refractivity contribution in [2.24, 2.45) is 0 Å². The van der Waals surface area contributed by atoms with E-state index in [0.29, 0.717) is 18.7 Å². The number of aliphatic hydroxyl groups excluding tert-OH is 1. The molecule has 1 aliphatic heterocycles. The summed E-state index contributed by atoms with van der Waals surface area (Å²) >= 11 is 0. The Bertz CT molecular complexity index is 546. The van der Waals surface area contributed by atoms with Crippen molar-refractivity contribution in [3.05, 3.63) is 41.5 Å². The first-order valence-electron chi connectivity index (χ1n) is 5.89. The first-order valence-corrected chi connectivity index (χ1v) is 7.33. The summed E-state index contributed by atoms with van der Waals surface area (Å²) in [7, 11) is -3.41. The summed E-state index contributed by atoms with van der Waals surface area (Å²) < 4.78 is 26.2. The van der Waals surface area contributed by atoms with Gasteiger partial charge in [0.2, 0.25) is 10.0 Å². The maximum atomic E-state index is 12.4. The van der Waals surface area contributed by atoms with Gasteiger partial charge < -0.3 is 5.11 Å². The summed E-state index contributed by atoms with van der Waals surface area (Å²) in [6.45, 7) is 2.86. The Hall–Kier alpha value is -1.17. The van der Waals surface area contributed by atoms with Crippen molar-refractivity contribution in [1.82, 2.24) is 4.31 Å². The molecular weight excluding hydrogens is 250 g/mol. The van der Waals surface area contributed by atoms with Crippen LogP contribution in [0.2, 0.25) is 0 Å². The molecule has 0 aliphatic carbocycles. The minimum atomic E-state index is -3.41. The van der Waals surface area contributed by atoms with Crippen LogP contribution < -0.4 is 0 Å². The quantitative estimate of drug-likeness (QED) is 0.845. The van der Waals surface area contributed by atoms with Gasteiger partial charge in [-0.25, -0.2) is 8.42 Å². The molecule has 98 valence electrons. The van der Waals surface area contributed by atoms with Crippen LogP contribution in [0.3, 0.4) is 0 Å².